The van der Waals surface area contributed by atoms with Gasteiger partial charge in [-0.05, 0) is 74.2 Å². The van der Waals surface area contributed by atoms with Gasteiger partial charge in [0, 0.05) is 17.8 Å². The summed E-state index contributed by atoms with van der Waals surface area (Å²) in [6.07, 6.45) is -3.74. The minimum Gasteiger partial charge on any atom is -0.487 e. The second kappa shape index (κ2) is 10.9. The van der Waals surface area contributed by atoms with E-state index in [0.29, 0.717) is 26.7 Å². The third-order valence-electron chi connectivity index (χ3n) is 3.94. The van der Waals surface area contributed by atoms with Gasteiger partial charge in [0.25, 0.3) is 5.91 Å². The zero-order valence-corrected chi connectivity index (χ0v) is 19.4. The van der Waals surface area contributed by atoms with E-state index in [9.17, 15) is 22.8 Å². The highest BCUT2D eigenvalue weighted by Gasteiger charge is 2.31. The largest absolute Gasteiger partial charge is 0.487 e. The fraction of sp³-hybridized carbons (Fsp3) is 0.300. The SMILES string of the molecule is CCCNc1cc(COc2c(Br)cc(C(=O)NCC(=O)O)cc2Br)cc(C(F)(F)F)c1. The van der Waals surface area contributed by atoms with Crippen molar-refractivity contribution >= 4 is 49.4 Å². The van der Waals surface area contributed by atoms with Crippen LogP contribution in [-0.4, -0.2) is 30.1 Å². The van der Waals surface area contributed by atoms with Crippen LogP contribution >= 0.6 is 31.9 Å². The van der Waals surface area contributed by atoms with Crippen LogP contribution in [0.1, 0.15) is 34.8 Å². The number of aliphatic carboxylic acids is 1. The van der Waals surface area contributed by atoms with Crippen molar-refractivity contribution in [1.82, 2.24) is 5.32 Å². The fourth-order valence-electron chi connectivity index (χ4n) is 2.55. The highest BCUT2D eigenvalue weighted by atomic mass is 79.9. The molecule has 0 aromatic heterocycles. The number of alkyl halides is 3. The first kappa shape index (κ1) is 25.0. The summed E-state index contributed by atoms with van der Waals surface area (Å²) in [7, 11) is 0. The molecule has 0 aliphatic heterocycles. The Kier molecular flexibility index (Phi) is 8.75. The number of amides is 1. The van der Waals surface area contributed by atoms with E-state index in [1.165, 1.54) is 12.1 Å². The molecule has 0 heterocycles. The Balaban J connectivity index is 2.22. The molecule has 31 heavy (non-hydrogen) atoms. The number of carbonyl (C=O) groups excluding carboxylic acids is 1. The van der Waals surface area contributed by atoms with Gasteiger partial charge >= 0.3 is 12.1 Å². The summed E-state index contributed by atoms with van der Waals surface area (Å²) in [6, 6.07) is 6.51. The van der Waals surface area contributed by atoms with E-state index in [0.717, 1.165) is 18.6 Å². The second-order valence-corrected chi connectivity index (χ2v) is 8.19. The molecule has 0 spiro atoms. The van der Waals surface area contributed by atoms with Crippen LogP contribution in [0.3, 0.4) is 0 Å². The van der Waals surface area contributed by atoms with Crippen LogP contribution in [0.25, 0.3) is 0 Å². The van der Waals surface area contributed by atoms with E-state index < -0.39 is 30.2 Å². The van der Waals surface area contributed by atoms with E-state index >= 15 is 0 Å². The Bertz CT molecular complexity index is 945. The second-order valence-electron chi connectivity index (χ2n) is 6.48. The van der Waals surface area contributed by atoms with E-state index in [-0.39, 0.29) is 17.9 Å². The Morgan fingerprint density at radius 1 is 1.10 bits per heavy atom. The van der Waals surface area contributed by atoms with Crippen LogP contribution in [-0.2, 0) is 17.6 Å². The molecule has 11 heteroatoms. The van der Waals surface area contributed by atoms with Gasteiger partial charge in [0.2, 0.25) is 0 Å². The lowest BCUT2D eigenvalue weighted by Gasteiger charge is -2.15. The molecule has 0 aliphatic carbocycles. The molecule has 0 unspecified atom stereocenters. The predicted molar refractivity (Wildman–Crippen MR) is 116 cm³/mol. The minimum absolute atomic E-state index is 0.146. The highest BCUT2D eigenvalue weighted by molar-refractivity contribution is 9.11. The molecule has 0 atom stereocenters. The quantitative estimate of drug-likeness (QED) is 0.375. The number of anilines is 1. The molecule has 2 aromatic carbocycles. The molecule has 0 saturated heterocycles. The number of carboxylic acids is 1. The molecule has 3 N–H and O–H groups in total. The molecule has 0 radical (unpaired) electrons. The van der Waals surface area contributed by atoms with Crippen LogP contribution < -0.4 is 15.4 Å². The number of benzene rings is 2. The first-order valence-electron chi connectivity index (χ1n) is 9.08. The van der Waals surface area contributed by atoms with E-state index in [4.69, 9.17) is 9.84 Å². The maximum Gasteiger partial charge on any atom is 0.416 e. The van der Waals surface area contributed by atoms with Gasteiger partial charge in [0.05, 0.1) is 14.5 Å². The van der Waals surface area contributed by atoms with Gasteiger partial charge in [-0.15, -0.1) is 0 Å². The van der Waals surface area contributed by atoms with Gasteiger partial charge < -0.3 is 20.5 Å². The summed E-state index contributed by atoms with van der Waals surface area (Å²) in [5, 5.41) is 13.8. The number of hydrogen-bond donors (Lipinski definition) is 3. The molecular weight excluding hydrogens is 549 g/mol. The van der Waals surface area contributed by atoms with Crippen molar-refractivity contribution in [2.75, 3.05) is 18.4 Å². The summed E-state index contributed by atoms with van der Waals surface area (Å²) in [5.41, 5.74) is 0.0580. The Labute approximate surface area is 193 Å². The monoisotopic (exact) mass is 566 g/mol. The molecular formula is C20H19Br2F3N2O4. The van der Waals surface area contributed by atoms with Crippen molar-refractivity contribution < 1.29 is 32.6 Å². The summed E-state index contributed by atoms with van der Waals surface area (Å²) in [5.74, 6) is -1.49. The van der Waals surface area contributed by atoms with Crippen molar-refractivity contribution in [3.05, 3.63) is 56.0 Å². The molecule has 168 valence electrons. The first-order valence-corrected chi connectivity index (χ1v) is 10.7. The Hall–Kier alpha value is -2.27. The van der Waals surface area contributed by atoms with Gasteiger partial charge in [-0.1, -0.05) is 6.92 Å². The molecule has 6 nitrogen and oxygen atoms in total. The molecule has 0 fully saturated rings. The van der Waals surface area contributed by atoms with Crippen molar-refractivity contribution in [3.8, 4) is 5.75 Å². The van der Waals surface area contributed by atoms with Gasteiger partial charge in [0.15, 0.2) is 0 Å². The lowest BCUT2D eigenvalue weighted by Crippen LogP contribution is -2.29. The zero-order valence-electron chi connectivity index (χ0n) is 16.3. The summed E-state index contributed by atoms with van der Waals surface area (Å²) >= 11 is 6.54. The van der Waals surface area contributed by atoms with Crippen molar-refractivity contribution in [1.29, 1.82) is 0 Å². The topological polar surface area (TPSA) is 87.7 Å². The Morgan fingerprint density at radius 3 is 2.29 bits per heavy atom. The predicted octanol–water partition coefficient (Wildman–Crippen LogP) is 5.45. The minimum atomic E-state index is -4.50. The van der Waals surface area contributed by atoms with Crippen LogP contribution in [0.4, 0.5) is 18.9 Å². The number of halogens is 5. The number of rotatable bonds is 9. The average Bonchev–Trinajstić information content (AvgIpc) is 2.68. The molecule has 2 aromatic rings. The lowest BCUT2D eigenvalue weighted by atomic mass is 10.1. The van der Waals surface area contributed by atoms with Gasteiger partial charge in [-0.3, -0.25) is 9.59 Å². The van der Waals surface area contributed by atoms with E-state index in [1.807, 2.05) is 6.92 Å². The van der Waals surface area contributed by atoms with E-state index in [1.54, 1.807) is 6.07 Å². The number of carboxylic acid groups (broad SMARTS) is 1. The van der Waals surface area contributed by atoms with Crippen molar-refractivity contribution in [2.24, 2.45) is 0 Å². The standard InChI is InChI=1S/C20H19Br2F3N2O4/c1-2-3-26-14-5-11(4-13(8-14)20(23,24)25)10-31-18-15(21)6-12(7-16(18)22)19(30)27-9-17(28)29/h4-8,26H,2-3,9-10H2,1H3,(H,27,30)(H,28,29). The molecule has 2 rings (SSSR count). The van der Waals surface area contributed by atoms with Gasteiger partial charge in [-0.25, -0.2) is 0 Å². The smallest absolute Gasteiger partial charge is 0.416 e. The third kappa shape index (κ3) is 7.42. The maximum absolute atomic E-state index is 13.2. The van der Waals surface area contributed by atoms with Gasteiger partial charge in [0.1, 0.15) is 18.9 Å². The normalized spacial score (nSPS) is 11.2. The van der Waals surface area contributed by atoms with Crippen LogP contribution in [0, 0.1) is 0 Å². The van der Waals surface area contributed by atoms with Crippen LogP contribution in [0.5, 0.6) is 5.75 Å². The van der Waals surface area contributed by atoms with Crippen LogP contribution in [0.15, 0.2) is 39.3 Å². The lowest BCUT2D eigenvalue weighted by molar-refractivity contribution is -0.138. The summed E-state index contributed by atoms with van der Waals surface area (Å²) in [4.78, 5) is 22.6. The van der Waals surface area contributed by atoms with Crippen LogP contribution in [0.2, 0.25) is 0 Å². The summed E-state index contributed by atoms with van der Waals surface area (Å²) in [6.45, 7) is 1.76. The Morgan fingerprint density at radius 2 is 1.74 bits per heavy atom. The molecule has 0 saturated carbocycles. The third-order valence-corrected chi connectivity index (χ3v) is 5.12. The van der Waals surface area contributed by atoms with E-state index in [2.05, 4.69) is 42.5 Å². The molecule has 0 aliphatic rings. The average molecular weight is 568 g/mol. The molecule has 1 amide bonds. The number of hydrogen-bond acceptors (Lipinski definition) is 4. The summed E-state index contributed by atoms with van der Waals surface area (Å²) < 4.78 is 46.2. The van der Waals surface area contributed by atoms with Crippen molar-refractivity contribution in [2.45, 2.75) is 26.1 Å². The number of nitrogens with one attached hydrogen (secondary N) is 2. The zero-order chi connectivity index (χ0) is 23.2. The highest BCUT2D eigenvalue weighted by Crippen LogP contribution is 2.36. The van der Waals surface area contributed by atoms with Gasteiger partial charge in [-0.2, -0.15) is 13.2 Å². The maximum atomic E-state index is 13.2. The number of ether oxygens (including phenoxy) is 1. The molecule has 0 bridgehead atoms. The first-order chi connectivity index (χ1) is 14.5. The fourth-order valence-corrected chi connectivity index (χ4v) is 3.97. The number of carbonyl (C=O) groups is 2. The van der Waals surface area contributed by atoms with Crippen molar-refractivity contribution in [3.63, 3.8) is 0 Å².